The molecular formula is C37H52N8O3S. The highest BCUT2D eigenvalue weighted by Gasteiger charge is 2.20. The summed E-state index contributed by atoms with van der Waals surface area (Å²) < 4.78 is 34.5. The van der Waals surface area contributed by atoms with Crippen LogP contribution >= 0.6 is 0 Å². The standard InChI is InChI=1S/C37H52N8O3S/c1-27-15-19-29(20-16-27)41-37-43-35(42-36(44-37)39-26-23-28-17-21-30(48-4)22-18-28)38-24-7-5-6-8-25-40-49(46,47)34-14-10-11-31-32(34)12-9-13-33(31)45(2)3/h9-14,17-18,21-22,27,29,40H,5-8,15-16,19-20,23-26H2,1-4H3,(H3,38,39,41,42,43,44). The second kappa shape index (κ2) is 17.5. The van der Waals surface area contributed by atoms with Gasteiger partial charge in [-0.05, 0) is 80.7 Å². The summed E-state index contributed by atoms with van der Waals surface area (Å²) in [6.07, 6.45) is 9.03. The van der Waals surface area contributed by atoms with Crippen molar-refractivity contribution in [2.75, 3.05) is 61.7 Å². The second-order valence-electron chi connectivity index (χ2n) is 13.2. The lowest BCUT2D eigenvalue weighted by Crippen LogP contribution is -2.26. The number of hydrogen-bond donors (Lipinski definition) is 4. The molecule has 1 aliphatic rings. The third-order valence-corrected chi connectivity index (χ3v) is 10.7. The van der Waals surface area contributed by atoms with Crippen molar-refractivity contribution in [3.8, 4) is 5.75 Å². The summed E-state index contributed by atoms with van der Waals surface area (Å²) in [5, 5.41) is 12.0. The molecule has 4 N–H and O–H groups in total. The monoisotopic (exact) mass is 688 g/mol. The topological polar surface area (TPSA) is 133 Å². The van der Waals surface area contributed by atoms with Crippen molar-refractivity contribution in [2.24, 2.45) is 5.92 Å². The largest absolute Gasteiger partial charge is 0.497 e. The van der Waals surface area contributed by atoms with Crippen molar-refractivity contribution in [2.45, 2.75) is 75.6 Å². The van der Waals surface area contributed by atoms with Gasteiger partial charge in [-0.1, -0.05) is 56.2 Å². The molecule has 12 heteroatoms. The molecule has 1 heterocycles. The maximum atomic E-state index is 13.2. The summed E-state index contributed by atoms with van der Waals surface area (Å²) >= 11 is 0. The van der Waals surface area contributed by atoms with E-state index in [2.05, 4.69) is 44.7 Å². The van der Waals surface area contributed by atoms with Gasteiger partial charge in [-0.25, -0.2) is 13.1 Å². The number of ether oxygens (including phenoxy) is 1. The molecule has 0 atom stereocenters. The van der Waals surface area contributed by atoms with Crippen molar-refractivity contribution in [1.82, 2.24) is 19.7 Å². The van der Waals surface area contributed by atoms with Crippen LogP contribution < -0.4 is 30.3 Å². The van der Waals surface area contributed by atoms with E-state index in [-0.39, 0.29) is 0 Å². The number of benzene rings is 3. The molecule has 5 rings (SSSR count). The molecule has 3 aromatic carbocycles. The van der Waals surface area contributed by atoms with Gasteiger partial charge < -0.3 is 25.6 Å². The Kier molecular flexibility index (Phi) is 12.9. The first-order chi connectivity index (χ1) is 23.7. The van der Waals surface area contributed by atoms with Crippen LogP contribution in [0.4, 0.5) is 23.5 Å². The van der Waals surface area contributed by atoms with Gasteiger partial charge in [0.2, 0.25) is 27.9 Å². The third-order valence-electron chi connectivity index (χ3n) is 9.15. The van der Waals surface area contributed by atoms with Crippen LogP contribution in [0.2, 0.25) is 0 Å². The average molecular weight is 689 g/mol. The number of nitrogens with one attached hydrogen (secondary N) is 4. The lowest BCUT2D eigenvalue weighted by atomic mass is 9.87. The van der Waals surface area contributed by atoms with Gasteiger partial charge in [-0.3, -0.25) is 0 Å². The van der Waals surface area contributed by atoms with Gasteiger partial charge in [-0.15, -0.1) is 0 Å². The van der Waals surface area contributed by atoms with E-state index in [4.69, 9.17) is 14.7 Å². The van der Waals surface area contributed by atoms with Crippen LogP contribution in [0.5, 0.6) is 5.75 Å². The summed E-state index contributed by atoms with van der Waals surface area (Å²) in [6.45, 7) is 4.12. The smallest absolute Gasteiger partial charge is 0.241 e. The summed E-state index contributed by atoms with van der Waals surface area (Å²) in [5.74, 6) is 3.31. The molecule has 0 aliphatic heterocycles. The molecule has 264 valence electrons. The van der Waals surface area contributed by atoms with Gasteiger partial charge in [0, 0.05) is 56.2 Å². The third kappa shape index (κ3) is 10.4. The molecule has 11 nitrogen and oxygen atoms in total. The molecule has 0 unspecified atom stereocenters. The molecule has 0 radical (unpaired) electrons. The minimum Gasteiger partial charge on any atom is -0.497 e. The minimum atomic E-state index is -3.63. The highest BCUT2D eigenvalue weighted by atomic mass is 32.2. The zero-order valence-corrected chi connectivity index (χ0v) is 30.2. The zero-order chi connectivity index (χ0) is 34.6. The van der Waals surface area contributed by atoms with Crippen LogP contribution in [0.1, 0.15) is 63.9 Å². The maximum Gasteiger partial charge on any atom is 0.241 e. The highest BCUT2D eigenvalue weighted by Crippen LogP contribution is 2.30. The Labute approximate surface area is 291 Å². The summed E-state index contributed by atoms with van der Waals surface area (Å²) in [6, 6.07) is 19.7. The number of sulfonamides is 1. The van der Waals surface area contributed by atoms with Crippen molar-refractivity contribution in [3.05, 3.63) is 66.2 Å². The molecular weight excluding hydrogens is 637 g/mol. The zero-order valence-electron chi connectivity index (χ0n) is 29.3. The van der Waals surface area contributed by atoms with Crippen LogP contribution in [0.15, 0.2) is 65.6 Å². The van der Waals surface area contributed by atoms with Crippen LogP contribution in [0.25, 0.3) is 10.8 Å². The predicted octanol–water partition coefficient (Wildman–Crippen LogP) is 6.70. The lowest BCUT2D eigenvalue weighted by Gasteiger charge is -2.27. The van der Waals surface area contributed by atoms with Gasteiger partial charge in [0.1, 0.15) is 5.75 Å². The molecule has 0 amide bonds. The SMILES string of the molecule is COc1ccc(CCNc2nc(NCCCCCCNS(=O)(=O)c3cccc4c(N(C)C)cccc34)nc(NC3CCC(C)CC3)n2)cc1. The van der Waals surface area contributed by atoms with E-state index in [0.717, 1.165) is 73.1 Å². The van der Waals surface area contributed by atoms with E-state index in [9.17, 15) is 8.42 Å². The number of fused-ring (bicyclic) bond motifs is 1. The molecule has 0 spiro atoms. The molecule has 1 aromatic heterocycles. The Morgan fingerprint density at radius 2 is 1.39 bits per heavy atom. The highest BCUT2D eigenvalue weighted by molar-refractivity contribution is 7.89. The van der Waals surface area contributed by atoms with E-state index >= 15 is 0 Å². The van der Waals surface area contributed by atoms with Crippen molar-refractivity contribution in [3.63, 3.8) is 0 Å². The summed E-state index contributed by atoms with van der Waals surface area (Å²) in [5.41, 5.74) is 2.19. The predicted molar refractivity (Wildman–Crippen MR) is 200 cm³/mol. The van der Waals surface area contributed by atoms with Crippen molar-refractivity contribution < 1.29 is 13.2 Å². The van der Waals surface area contributed by atoms with E-state index in [1.165, 1.54) is 18.4 Å². The maximum absolute atomic E-state index is 13.2. The number of anilines is 4. The Balaban J connectivity index is 1.09. The van der Waals surface area contributed by atoms with Crippen LogP contribution in [-0.2, 0) is 16.4 Å². The molecule has 0 saturated heterocycles. The molecule has 0 bridgehead atoms. The minimum absolute atomic E-state index is 0.316. The first-order valence-corrected chi connectivity index (χ1v) is 19.0. The average Bonchev–Trinajstić information content (AvgIpc) is 3.10. The van der Waals surface area contributed by atoms with Crippen molar-refractivity contribution >= 4 is 44.3 Å². The number of nitrogens with zero attached hydrogens (tertiary/aromatic N) is 4. The fourth-order valence-electron chi connectivity index (χ4n) is 6.27. The van der Waals surface area contributed by atoms with Crippen LogP contribution in [0, 0.1) is 5.92 Å². The van der Waals surface area contributed by atoms with E-state index < -0.39 is 10.0 Å². The Bertz CT molecular complexity index is 1740. The second-order valence-corrected chi connectivity index (χ2v) is 14.9. The number of hydrogen-bond acceptors (Lipinski definition) is 10. The van der Waals surface area contributed by atoms with Gasteiger partial charge in [0.05, 0.1) is 12.0 Å². The Morgan fingerprint density at radius 1 is 0.755 bits per heavy atom. The van der Waals surface area contributed by atoms with Crippen LogP contribution in [0.3, 0.4) is 0 Å². The summed E-state index contributed by atoms with van der Waals surface area (Å²) in [4.78, 5) is 16.4. The van der Waals surface area contributed by atoms with Gasteiger partial charge >= 0.3 is 0 Å². The molecule has 49 heavy (non-hydrogen) atoms. The van der Waals surface area contributed by atoms with Gasteiger partial charge in [0.25, 0.3) is 0 Å². The normalized spacial score (nSPS) is 16.3. The Morgan fingerprint density at radius 3 is 2.08 bits per heavy atom. The number of methoxy groups -OCH3 is 1. The molecule has 4 aromatic rings. The van der Waals surface area contributed by atoms with Gasteiger partial charge in [-0.2, -0.15) is 15.0 Å². The fraction of sp³-hybridized carbons (Fsp3) is 0.486. The van der Waals surface area contributed by atoms with Crippen LogP contribution in [-0.4, -0.2) is 70.3 Å². The summed E-state index contributed by atoms with van der Waals surface area (Å²) in [7, 11) is 1.96. The number of unbranched alkanes of at least 4 members (excludes halogenated alkanes) is 3. The number of rotatable bonds is 18. The van der Waals surface area contributed by atoms with Crippen molar-refractivity contribution in [1.29, 1.82) is 0 Å². The molecule has 1 fully saturated rings. The first-order valence-electron chi connectivity index (χ1n) is 17.5. The molecule has 1 saturated carbocycles. The molecule has 1 aliphatic carbocycles. The van der Waals surface area contributed by atoms with Gasteiger partial charge in [0.15, 0.2) is 0 Å². The quantitative estimate of drug-likeness (QED) is 0.0838. The Hall–Kier alpha value is -4.16. The van der Waals surface area contributed by atoms with E-state index in [0.29, 0.717) is 48.4 Å². The first kappa shape index (κ1) is 36.1. The lowest BCUT2D eigenvalue weighted by molar-refractivity contribution is 0.360. The van der Waals surface area contributed by atoms with E-state index in [1.807, 2.05) is 55.4 Å². The number of aromatic nitrogens is 3. The van der Waals surface area contributed by atoms with E-state index in [1.54, 1.807) is 19.2 Å². The fourth-order valence-corrected chi connectivity index (χ4v) is 7.57.